The number of methoxy groups -OCH3 is 1. The van der Waals surface area contributed by atoms with Gasteiger partial charge in [0.05, 0.1) is 13.5 Å². The van der Waals surface area contributed by atoms with Crippen LogP contribution >= 0.6 is 0 Å². The number of amides is 4. The van der Waals surface area contributed by atoms with Gasteiger partial charge in [-0.05, 0) is 26.3 Å². The number of benzene rings is 1. The lowest BCUT2D eigenvalue weighted by Crippen LogP contribution is -2.54. The van der Waals surface area contributed by atoms with Gasteiger partial charge in [0.25, 0.3) is 0 Å². The number of carbonyl (C=O) groups is 5. The molecule has 0 fully saturated rings. The summed E-state index contributed by atoms with van der Waals surface area (Å²) in [6.45, 7) is 8.01. The highest BCUT2D eigenvalue weighted by Gasteiger charge is 2.36. The van der Waals surface area contributed by atoms with Crippen LogP contribution in [0.3, 0.4) is 0 Å². The maximum absolute atomic E-state index is 13.5. The van der Waals surface area contributed by atoms with Gasteiger partial charge in [0.1, 0.15) is 24.2 Å². The highest BCUT2D eigenvalue weighted by atomic mass is 16.6. The Kier molecular flexibility index (Phi) is 10.7. The number of carbonyl (C=O) groups excluding carboxylic acids is 5. The summed E-state index contributed by atoms with van der Waals surface area (Å²) >= 11 is 0. The Morgan fingerprint density at radius 2 is 1.76 bits per heavy atom. The average molecular weight is 477 g/mol. The number of rotatable bonds is 11. The van der Waals surface area contributed by atoms with Crippen molar-refractivity contribution in [3.8, 4) is 0 Å². The Bertz CT molecular complexity index is 896. The van der Waals surface area contributed by atoms with Crippen molar-refractivity contribution in [2.75, 3.05) is 20.2 Å². The molecule has 1 aromatic rings. The number of nitrogens with one attached hydrogen (secondary N) is 2. The molecule has 0 saturated heterocycles. The third-order valence-electron chi connectivity index (χ3n) is 4.31. The second kappa shape index (κ2) is 13.0. The van der Waals surface area contributed by atoms with Crippen molar-refractivity contribution >= 4 is 29.8 Å². The van der Waals surface area contributed by atoms with Gasteiger partial charge in [-0.25, -0.2) is 4.79 Å². The number of alkyl carbamates (subject to hydrolysis) is 1. The first kappa shape index (κ1) is 28.1. The lowest BCUT2D eigenvalue weighted by Gasteiger charge is -2.33. The van der Waals surface area contributed by atoms with Gasteiger partial charge in [-0.1, -0.05) is 36.4 Å². The molecule has 0 spiro atoms. The van der Waals surface area contributed by atoms with Crippen molar-refractivity contribution in [1.82, 2.24) is 15.5 Å². The van der Waals surface area contributed by atoms with Crippen LogP contribution in [0.2, 0.25) is 0 Å². The largest absolute Gasteiger partial charge is 0.468 e. The second-order valence-corrected chi connectivity index (χ2v) is 8.26. The topological polar surface area (TPSA) is 157 Å². The van der Waals surface area contributed by atoms with Gasteiger partial charge in [0.2, 0.25) is 17.7 Å². The molecule has 0 bridgehead atoms. The molecule has 34 heavy (non-hydrogen) atoms. The molecule has 1 aromatic carbocycles. The van der Waals surface area contributed by atoms with E-state index in [0.717, 1.165) is 4.90 Å². The quantitative estimate of drug-likeness (QED) is 0.315. The molecular formula is C23H32N4O7. The first-order chi connectivity index (χ1) is 15.9. The summed E-state index contributed by atoms with van der Waals surface area (Å²) in [5, 5.41) is 4.79. The third kappa shape index (κ3) is 9.31. The normalized spacial score (nSPS) is 12.5. The summed E-state index contributed by atoms with van der Waals surface area (Å²) in [5.74, 6) is -2.98. The molecule has 0 aromatic heterocycles. The Morgan fingerprint density at radius 1 is 1.15 bits per heavy atom. The molecule has 0 aliphatic rings. The van der Waals surface area contributed by atoms with Crippen LogP contribution in [-0.2, 0) is 28.7 Å². The summed E-state index contributed by atoms with van der Waals surface area (Å²) in [5.41, 5.74) is 4.87. The minimum atomic E-state index is -1.41. The van der Waals surface area contributed by atoms with Gasteiger partial charge >= 0.3 is 12.1 Å². The predicted molar refractivity (Wildman–Crippen MR) is 123 cm³/mol. The van der Waals surface area contributed by atoms with E-state index in [1.54, 1.807) is 51.1 Å². The number of hydrogen-bond acceptors (Lipinski definition) is 7. The SMILES string of the molecule is C=CCN(C(=O)C(CC(N)=O)NC(=O)OC(C)(C)C)C(C(=O)NCC(=O)OC)c1ccccc1. The summed E-state index contributed by atoms with van der Waals surface area (Å²) in [4.78, 5) is 63.2. The number of ether oxygens (including phenoxy) is 2. The molecule has 11 nitrogen and oxygen atoms in total. The van der Waals surface area contributed by atoms with E-state index in [2.05, 4.69) is 21.9 Å². The number of nitrogens with zero attached hydrogens (tertiary/aromatic N) is 1. The van der Waals surface area contributed by atoms with Gasteiger partial charge in [-0.2, -0.15) is 0 Å². The Morgan fingerprint density at radius 3 is 2.26 bits per heavy atom. The van der Waals surface area contributed by atoms with Crippen LogP contribution in [0.15, 0.2) is 43.0 Å². The number of hydrogen-bond donors (Lipinski definition) is 3. The van der Waals surface area contributed by atoms with Crippen molar-refractivity contribution in [3.05, 3.63) is 48.6 Å². The zero-order valence-corrected chi connectivity index (χ0v) is 19.8. The number of nitrogens with two attached hydrogens (primary N) is 1. The summed E-state index contributed by atoms with van der Waals surface area (Å²) in [6.07, 6.45) is -0.0789. The van der Waals surface area contributed by atoms with E-state index in [0.29, 0.717) is 5.56 Å². The Labute approximate surface area is 198 Å². The van der Waals surface area contributed by atoms with Crippen LogP contribution in [0.1, 0.15) is 38.8 Å². The zero-order chi connectivity index (χ0) is 25.9. The van der Waals surface area contributed by atoms with E-state index >= 15 is 0 Å². The molecule has 11 heteroatoms. The van der Waals surface area contributed by atoms with Crippen LogP contribution in [-0.4, -0.2) is 66.5 Å². The van der Waals surface area contributed by atoms with Crippen LogP contribution in [0.25, 0.3) is 0 Å². The molecule has 2 unspecified atom stereocenters. The Hall–Kier alpha value is -3.89. The minimum Gasteiger partial charge on any atom is -0.468 e. The minimum absolute atomic E-state index is 0.116. The molecule has 0 aliphatic carbocycles. The standard InChI is InChI=1S/C23H32N4O7/c1-6-12-27(21(31)16(13-17(24)28)26-22(32)34-23(2,3)4)19(15-10-8-7-9-11-15)20(30)25-14-18(29)33-5/h6-11,16,19H,1,12-14H2,2-5H3,(H2,24,28)(H,25,30)(H,26,32). The monoisotopic (exact) mass is 476 g/mol. The predicted octanol–water partition coefficient (Wildman–Crippen LogP) is 0.800. The van der Waals surface area contributed by atoms with Gasteiger partial charge in [-0.15, -0.1) is 6.58 Å². The Balaban J connectivity index is 3.35. The zero-order valence-electron chi connectivity index (χ0n) is 19.8. The van der Waals surface area contributed by atoms with Crippen molar-refractivity contribution in [3.63, 3.8) is 0 Å². The summed E-state index contributed by atoms with van der Waals surface area (Å²) in [6, 6.07) is 5.69. The number of primary amides is 1. The molecular weight excluding hydrogens is 444 g/mol. The molecule has 0 heterocycles. The average Bonchev–Trinajstić information content (AvgIpc) is 2.75. The summed E-state index contributed by atoms with van der Waals surface area (Å²) < 4.78 is 9.73. The van der Waals surface area contributed by atoms with Crippen molar-refractivity contribution in [1.29, 1.82) is 0 Å². The fraction of sp³-hybridized carbons (Fsp3) is 0.435. The van der Waals surface area contributed by atoms with Crippen molar-refractivity contribution < 1.29 is 33.4 Å². The molecule has 4 N–H and O–H groups in total. The maximum Gasteiger partial charge on any atom is 0.408 e. The van der Waals surface area contributed by atoms with Crippen molar-refractivity contribution in [2.24, 2.45) is 5.73 Å². The summed E-state index contributed by atoms with van der Waals surface area (Å²) in [7, 11) is 1.17. The van der Waals surface area contributed by atoms with Crippen LogP contribution in [0.5, 0.6) is 0 Å². The molecule has 0 saturated carbocycles. The van der Waals surface area contributed by atoms with Crippen LogP contribution in [0.4, 0.5) is 4.79 Å². The third-order valence-corrected chi connectivity index (χ3v) is 4.31. The van der Waals surface area contributed by atoms with E-state index in [9.17, 15) is 24.0 Å². The molecule has 4 amide bonds. The van der Waals surface area contributed by atoms with Gasteiger partial charge in [0.15, 0.2) is 0 Å². The molecule has 186 valence electrons. The van der Waals surface area contributed by atoms with E-state index < -0.39 is 60.4 Å². The molecule has 0 radical (unpaired) electrons. The molecule has 1 rings (SSSR count). The fourth-order valence-electron chi connectivity index (χ4n) is 2.95. The van der Waals surface area contributed by atoms with E-state index in [1.165, 1.54) is 13.2 Å². The van der Waals surface area contributed by atoms with Crippen LogP contribution < -0.4 is 16.4 Å². The lowest BCUT2D eigenvalue weighted by atomic mass is 10.0. The first-order valence-electron chi connectivity index (χ1n) is 10.5. The fourth-order valence-corrected chi connectivity index (χ4v) is 2.95. The lowest BCUT2D eigenvalue weighted by molar-refractivity contribution is -0.144. The molecule has 0 aliphatic heterocycles. The second-order valence-electron chi connectivity index (χ2n) is 8.26. The number of esters is 1. The van der Waals surface area contributed by atoms with Gasteiger partial charge in [-0.3, -0.25) is 19.2 Å². The van der Waals surface area contributed by atoms with Gasteiger partial charge < -0.3 is 30.7 Å². The van der Waals surface area contributed by atoms with E-state index in [4.69, 9.17) is 10.5 Å². The first-order valence-corrected chi connectivity index (χ1v) is 10.5. The van der Waals surface area contributed by atoms with Gasteiger partial charge in [0, 0.05) is 6.54 Å². The maximum atomic E-state index is 13.5. The smallest absolute Gasteiger partial charge is 0.408 e. The van der Waals surface area contributed by atoms with E-state index in [-0.39, 0.29) is 6.54 Å². The highest BCUT2D eigenvalue weighted by molar-refractivity contribution is 5.95. The van der Waals surface area contributed by atoms with Crippen molar-refractivity contribution in [2.45, 2.75) is 44.9 Å². The van der Waals surface area contributed by atoms with E-state index in [1.807, 2.05) is 0 Å². The molecule has 2 atom stereocenters. The van der Waals surface area contributed by atoms with Crippen LogP contribution in [0, 0.1) is 0 Å². The highest BCUT2D eigenvalue weighted by Crippen LogP contribution is 2.23.